The van der Waals surface area contributed by atoms with E-state index < -0.39 is 29.8 Å². The highest BCUT2D eigenvalue weighted by Gasteiger charge is 2.32. The largest absolute Gasteiger partial charge is 0.489 e. The number of ether oxygens (including phenoxy) is 2. The molecule has 0 radical (unpaired) electrons. The highest BCUT2D eigenvalue weighted by Crippen LogP contribution is 2.29. The second-order valence-corrected chi connectivity index (χ2v) is 6.36. The SMILES string of the molecule is CC(=NOCc1ccc(C(F)(F)F)cc1)c1ccc(OCC2OC(=O)NC2=O)cc1. The van der Waals surface area contributed by atoms with Crippen molar-refractivity contribution in [2.24, 2.45) is 5.16 Å². The molecule has 1 aliphatic rings. The molecule has 10 heteroatoms. The van der Waals surface area contributed by atoms with Crippen LogP contribution in [0.15, 0.2) is 53.7 Å². The first kappa shape index (κ1) is 21.2. The lowest BCUT2D eigenvalue weighted by Gasteiger charge is -2.10. The molecule has 0 aliphatic carbocycles. The van der Waals surface area contributed by atoms with Crippen molar-refractivity contribution in [3.05, 3.63) is 65.2 Å². The second kappa shape index (κ2) is 8.85. The average Bonchev–Trinajstić information content (AvgIpc) is 3.03. The van der Waals surface area contributed by atoms with Crippen LogP contribution in [0.1, 0.15) is 23.6 Å². The number of benzene rings is 2. The lowest BCUT2D eigenvalue weighted by atomic mass is 10.1. The zero-order chi connectivity index (χ0) is 21.7. The molecule has 158 valence electrons. The normalized spacial score (nSPS) is 16.8. The Balaban J connectivity index is 1.50. The maximum atomic E-state index is 12.6. The number of nitrogens with zero attached hydrogens (tertiary/aromatic N) is 1. The van der Waals surface area contributed by atoms with Gasteiger partial charge in [0.25, 0.3) is 5.91 Å². The second-order valence-electron chi connectivity index (χ2n) is 6.36. The third-order valence-corrected chi connectivity index (χ3v) is 4.15. The minimum Gasteiger partial charge on any atom is -0.489 e. The highest BCUT2D eigenvalue weighted by atomic mass is 19.4. The predicted molar refractivity (Wildman–Crippen MR) is 98.8 cm³/mol. The number of rotatable bonds is 7. The van der Waals surface area contributed by atoms with Crippen molar-refractivity contribution in [2.45, 2.75) is 25.8 Å². The fourth-order valence-corrected chi connectivity index (χ4v) is 2.51. The van der Waals surface area contributed by atoms with Gasteiger partial charge in [0.15, 0.2) is 0 Å². The van der Waals surface area contributed by atoms with E-state index >= 15 is 0 Å². The van der Waals surface area contributed by atoms with Crippen LogP contribution in [-0.4, -0.2) is 30.4 Å². The van der Waals surface area contributed by atoms with Gasteiger partial charge in [0.2, 0.25) is 6.10 Å². The molecule has 1 heterocycles. The Kier molecular flexibility index (Phi) is 6.24. The van der Waals surface area contributed by atoms with Crippen molar-refractivity contribution < 1.29 is 37.1 Å². The van der Waals surface area contributed by atoms with Crippen LogP contribution in [0.2, 0.25) is 0 Å². The first-order valence-electron chi connectivity index (χ1n) is 8.80. The molecule has 30 heavy (non-hydrogen) atoms. The molecule has 0 aromatic heterocycles. The molecule has 1 atom stereocenters. The molecule has 1 aliphatic heterocycles. The van der Waals surface area contributed by atoms with Crippen molar-refractivity contribution in [3.63, 3.8) is 0 Å². The molecule has 0 spiro atoms. The Morgan fingerprint density at radius 3 is 2.33 bits per heavy atom. The molecule has 1 fully saturated rings. The van der Waals surface area contributed by atoms with E-state index in [4.69, 9.17) is 14.3 Å². The molecular weight excluding hydrogens is 405 g/mol. The number of alkyl carbamates (subject to hydrolysis) is 1. The smallest absolute Gasteiger partial charge is 0.416 e. The van der Waals surface area contributed by atoms with Crippen molar-refractivity contribution in [3.8, 4) is 5.75 Å². The van der Waals surface area contributed by atoms with E-state index in [1.165, 1.54) is 12.1 Å². The van der Waals surface area contributed by atoms with E-state index in [2.05, 4.69) is 5.16 Å². The fraction of sp³-hybridized carbons (Fsp3) is 0.250. The Morgan fingerprint density at radius 1 is 1.10 bits per heavy atom. The third kappa shape index (κ3) is 5.49. The Hall–Kier alpha value is -3.56. The molecule has 3 rings (SSSR count). The summed E-state index contributed by atoms with van der Waals surface area (Å²) in [5, 5.41) is 5.97. The molecule has 2 amide bonds. The van der Waals surface area contributed by atoms with Crippen LogP contribution in [0.5, 0.6) is 5.75 Å². The molecule has 2 aromatic carbocycles. The molecular formula is C20H17F3N2O5. The Labute approximate surface area is 169 Å². The van der Waals surface area contributed by atoms with Gasteiger partial charge in [0, 0.05) is 0 Å². The summed E-state index contributed by atoms with van der Waals surface area (Å²) in [6.45, 7) is 1.63. The zero-order valence-corrected chi connectivity index (χ0v) is 15.7. The summed E-state index contributed by atoms with van der Waals surface area (Å²) in [4.78, 5) is 27.6. The summed E-state index contributed by atoms with van der Waals surface area (Å²) < 4.78 is 47.8. The number of hydrogen-bond acceptors (Lipinski definition) is 6. The van der Waals surface area contributed by atoms with Crippen molar-refractivity contribution in [2.75, 3.05) is 6.61 Å². The summed E-state index contributed by atoms with van der Waals surface area (Å²) in [7, 11) is 0. The van der Waals surface area contributed by atoms with Crippen molar-refractivity contribution in [1.29, 1.82) is 0 Å². The van der Waals surface area contributed by atoms with E-state index in [-0.39, 0.29) is 13.2 Å². The van der Waals surface area contributed by atoms with Gasteiger partial charge in [-0.2, -0.15) is 13.2 Å². The molecule has 1 N–H and O–H groups in total. The summed E-state index contributed by atoms with van der Waals surface area (Å²) in [6, 6.07) is 11.4. The van der Waals surface area contributed by atoms with E-state index in [0.717, 1.165) is 17.7 Å². The number of alkyl halides is 3. The number of hydrogen-bond donors (Lipinski definition) is 1. The summed E-state index contributed by atoms with van der Waals surface area (Å²) in [6.07, 6.45) is -6.16. The van der Waals surface area contributed by atoms with Crippen LogP contribution in [0.4, 0.5) is 18.0 Å². The maximum Gasteiger partial charge on any atom is 0.416 e. The van der Waals surface area contributed by atoms with Crippen molar-refractivity contribution in [1.82, 2.24) is 5.32 Å². The van der Waals surface area contributed by atoms with Gasteiger partial charge >= 0.3 is 12.3 Å². The summed E-state index contributed by atoms with van der Waals surface area (Å²) >= 11 is 0. The Morgan fingerprint density at radius 2 is 1.77 bits per heavy atom. The zero-order valence-electron chi connectivity index (χ0n) is 15.7. The van der Waals surface area contributed by atoms with Gasteiger partial charge in [0.05, 0.1) is 11.3 Å². The van der Waals surface area contributed by atoms with E-state index in [0.29, 0.717) is 17.0 Å². The third-order valence-electron chi connectivity index (χ3n) is 4.15. The minimum absolute atomic E-state index is 0.0266. The predicted octanol–water partition coefficient (Wildman–Crippen LogP) is 3.66. The number of carbonyl (C=O) groups is 2. The summed E-state index contributed by atoms with van der Waals surface area (Å²) in [5.74, 6) is -0.0854. The quantitative estimate of drug-likeness (QED) is 0.544. The standard InChI is InChI=1S/C20H17F3N2O5/c1-12(25-29-10-13-2-6-15(7-3-13)20(21,22)23)14-4-8-16(9-5-14)28-11-17-18(26)24-19(27)30-17/h2-9,17H,10-11H2,1H3,(H,24,26,27). The van der Waals surface area contributed by atoms with Gasteiger partial charge < -0.3 is 14.3 Å². The first-order valence-corrected chi connectivity index (χ1v) is 8.80. The van der Waals surface area contributed by atoms with Crippen LogP contribution in [0.25, 0.3) is 0 Å². The van der Waals surface area contributed by atoms with Crippen LogP contribution in [0.3, 0.4) is 0 Å². The van der Waals surface area contributed by atoms with Crippen LogP contribution in [-0.2, 0) is 27.2 Å². The number of imide groups is 1. The van der Waals surface area contributed by atoms with Crippen LogP contribution >= 0.6 is 0 Å². The number of nitrogens with one attached hydrogen (secondary N) is 1. The molecule has 0 saturated carbocycles. The van der Waals surface area contributed by atoms with Gasteiger partial charge in [-0.25, -0.2) is 4.79 Å². The number of halogens is 3. The minimum atomic E-state index is -4.38. The van der Waals surface area contributed by atoms with Crippen LogP contribution in [0, 0.1) is 0 Å². The van der Waals surface area contributed by atoms with E-state index in [1.807, 2.05) is 5.32 Å². The molecule has 2 aromatic rings. The van der Waals surface area contributed by atoms with Gasteiger partial charge in [-0.15, -0.1) is 0 Å². The molecule has 1 unspecified atom stereocenters. The van der Waals surface area contributed by atoms with E-state index in [1.54, 1.807) is 31.2 Å². The lowest BCUT2D eigenvalue weighted by molar-refractivity contribution is -0.137. The van der Waals surface area contributed by atoms with Gasteiger partial charge in [-0.1, -0.05) is 17.3 Å². The molecule has 7 nitrogen and oxygen atoms in total. The van der Waals surface area contributed by atoms with Gasteiger partial charge in [-0.3, -0.25) is 10.1 Å². The van der Waals surface area contributed by atoms with Gasteiger partial charge in [-0.05, 0) is 54.4 Å². The first-order chi connectivity index (χ1) is 14.2. The molecule has 0 bridgehead atoms. The lowest BCUT2D eigenvalue weighted by Crippen LogP contribution is -2.29. The Bertz CT molecular complexity index is 940. The highest BCUT2D eigenvalue weighted by molar-refractivity contribution is 6.00. The number of carbonyl (C=O) groups excluding carboxylic acids is 2. The topological polar surface area (TPSA) is 86.2 Å². The summed E-state index contributed by atoms with van der Waals surface area (Å²) in [5.41, 5.74) is 1.12. The number of cyclic esters (lactones) is 1. The maximum absolute atomic E-state index is 12.6. The number of oxime groups is 1. The van der Waals surface area contributed by atoms with Crippen molar-refractivity contribution >= 4 is 17.7 Å². The monoisotopic (exact) mass is 422 g/mol. The number of amides is 2. The molecule has 1 saturated heterocycles. The van der Waals surface area contributed by atoms with Gasteiger partial charge in [0.1, 0.15) is 19.0 Å². The van der Waals surface area contributed by atoms with Crippen LogP contribution < -0.4 is 10.1 Å². The average molecular weight is 422 g/mol. The van der Waals surface area contributed by atoms with E-state index in [9.17, 15) is 22.8 Å². The fourth-order valence-electron chi connectivity index (χ4n) is 2.51.